The van der Waals surface area contributed by atoms with Crippen molar-refractivity contribution in [1.29, 1.82) is 0 Å². The average Bonchev–Trinajstić information content (AvgIpc) is 2.64. The van der Waals surface area contributed by atoms with Gasteiger partial charge in [0.05, 0.1) is 16.7 Å². The molecule has 0 aliphatic rings. The van der Waals surface area contributed by atoms with Gasteiger partial charge in [-0.3, -0.25) is 9.59 Å². The fraction of sp³-hybridized carbons (Fsp3) is 0.619. The third kappa shape index (κ3) is 11.2. The van der Waals surface area contributed by atoms with Gasteiger partial charge < -0.3 is 9.47 Å². The van der Waals surface area contributed by atoms with Crippen LogP contribution in [0.25, 0.3) is 0 Å². The Morgan fingerprint density at radius 2 is 1.37 bits per heavy atom. The molecule has 0 saturated heterocycles. The molecule has 0 N–H and O–H groups in total. The molecule has 0 aromatic heterocycles. The number of rotatable bonds is 14. The maximum atomic E-state index is 11.9. The molecule has 0 bridgehead atoms. The van der Waals surface area contributed by atoms with Crippen LogP contribution in [-0.4, -0.2) is 18.5 Å². The summed E-state index contributed by atoms with van der Waals surface area (Å²) in [5.74, 6) is -0.339. The lowest BCUT2D eigenvalue weighted by atomic mass is 10.1. The van der Waals surface area contributed by atoms with Gasteiger partial charge in [-0.2, -0.15) is 0 Å². The molecular formula is C21H30Cl2O4. The highest BCUT2D eigenvalue weighted by Crippen LogP contribution is 2.32. The first-order valence-corrected chi connectivity index (χ1v) is 10.6. The predicted octanol–water partition coefficient (Wildman–Crippen LogP) is 6.75. The Hall–Kier alpha value is -1.26. The minimum Gasteiger partial charge on any atom is -0.466 e. The van der Waals surface area contributed by atoms with E-state index in [1.54, 1.807) is 18.2 Å². The van der Waals surface area contributed by atoms with Crippen molar-refractivity contribution in [3.63, 3.8) is 0 Å². The highest BCUT2D eigenvalue weighted by Gasteiger charge is 2.12. The topological polar surface area (TPSA) is 52.6 Å². The average molecular weight is 417 g/mol. The Bertz CT molecular complexity index is 555. The Kier molecular flexibility index (Phi) is 13.0. The molecule has 6 heteroatoms. The Morgan fingerprint density at radius 3 is 2.04 bits per heavy atom. The van der Waals surface area contributed by atoms with Gasteiger partial charge in [0.2, 0.25) is 0 Å². The molecule has 0 spiro atoms. The molecule has 27 heavy (non-hydrogen) atoms. The predicted molar refractivity (Wildman–Crippen MR) is 110 cm³/mol. The fourth-order valence-electron chi connectivity index (χ4n) is 2.60. The number of benzene rings is 1. The highest BCUT2D eigenvalue weighted by molar-refractivity contribution is 6.37. The second-order valence-corrected chi connectivity index (χ2v) is 7.39. The number of halogens is 2. The SMILES string of the molecule is CCCCCCCCOC(=O)CCCCCC(=O)Oc1c(Cl)cccc1Cl. The minimum absolute atomic E-state index is 0.158. The second-order valence-electron chi connectivity index (χ2n) is 6.57. The molecule has 0 aliphatic carbocycles. The van der Waals surface area contributed by atoms with E-state index in [2.05, 4.69) is 6.92 Å². The molecule has 0 radical (unpaired) electrons. The summed E-state index contributed by atoms with van der Waals surface area (Å²) >= 11 is 11.9. The highest BCUT2D eigenvalue weighted by atomic mass is 35.5. The van der Waals surface area contributed by atoms with E-state index in [1.807, 2.05) is 0 Å². The van der Waals surface area contributed by atoms with Crippen molar-refractivity contribution in [1.82, 2.24) is 0 Å². The maximum Gasteiger partial charge on any atom is 0.311 e. The number of carbonyl (C=O) groups is 2. The molecule has 152 valence electrons. The van der Waals surface area contributed by atoms with Gasteiger partial charge in [0.1, 0.15) is 0 Å². The van der Waals surface area contributed by atoms with Gasteiger partial charge in [-0.25, -0.2) is 0 Å². The zero-order valence-electron chi connectivity index (χ0n) is 16.1. The van der Waals surface area contributed by atoms with Crippen molar-refractivity contribution in [2.45, 2.75) is 77.6 Å². The van der Waals surface area contributed by atoms with Crippen LogP contribution >= 0.6 is 23.2 Å². The van der Waals surface area contributed by atoms with E-state index < -0.39 is 0 Å². The summed E-state index contributed by atoms with van der Waals surface area (Å²) in [6, 6.07) is 4.92. The molecule has 0 heterocycles. The van der Waals surface area contributed by atoms with E-state index in [0.29, 0.717) is 35.9 Å². The standard InChI is InChI=1S/C21H30Cl2O4/c1-2-3-4-5-6-10-16-26-19(24)14-8-7-9-15-20(25)27-21-17(22)12-11-13-18(21)23/h11-13H,2-10,14-16H2,1H3. The van der Waals surface area contributed by atoms with Crippen molar-refractivity contribution in [2.75, 3.05) is 6.61 Å². The Morgan fingerprint density at radius 1 is 0.815 bits per heavy atom. The Labute approximate surface area is 172 Å². The molecule has 0 atom stereocenters. The summed E-state index contributed by atoms with van der Waals surface area (Å²) < 4.78 is 10.4. The number of unbranched alkanes of at least 4 members (excludes halogenated alkanes) is 7. The van der Waals surface area contributed by atoms with E-state index in [0.717, 1.165) is 19.3 Å². The summed E-state index contributed by atoms with van der Waals surface area (Å²) in [6.07, 6.45) is 9.79. The molecular weight excluding hydrogens is 387 g/mol. The van der Waals surface area contributed by atoms with E-state index in [1.165, 1.54) is 25.7 Å². The third-order valence-electron chi connectivity index (χ3n) is 4.16. The van der Waals surface area contributed by atoms with Gasteiger partial charge in [-0.05, 0) is 31.4 Å². The van der Waals surface area contributed by atoms with Crippen LogP contribution in [0.2, 0.25) is 10.0 Å². The van der Waals surface area contributed by atoms with Crippen LogP contribution in [0.1, 0.15) is 77.6 Å². The van der Waals surface area contributed by atoms with Gasteiger partial charge in [0, 0.05) is 12.8 Å². The second kappa shape index (κ2) is 14.8. The van der Waals surface area contributed by atoms with Crippen molar-refractivity contribution < 1.29 is 19.1 Å². The third-order valence-corrected chi connectivity index (χ3v) is 4.75. The number of esters is 2. The molecule has 1 aromatic rings. The zero-order chi connectivity index (χ0) is 19.9. The lowest BCUT2D eigenvalue weighted by molar-refractivity contribution is -0.143. The van der Waals surface area contributed by atoms with E-state index >= 15 is 0 Å². The summed E-state index contributed by atoms with van der Waals surface area (Å²) in [7, 11) is 0. The number of para-hydroxylation sites is 1. The lowest BCUT2D eigenvalue weighted by Gasteiger charge is -2.08. The normalized spacial score (nSPS) is 10.6. The quantitative estimate of drug-likeness (QED) is 0.191. The molecule has 0 unspecified atom stereocenters. The monoisotopic (exact) mass is 416 g/mol. The molecule has 4 nitrogen and oxygen atoms in total. The molecule has 1 aromatic carbocycles. The van der Waals surface area contributed by atoms with E-state index in [4.69, 9.17) is 32.7 Å². The summed E-state index contributed by atoms with van der Waals surface area (Å²) in [5.41, 5.74) is 0. The summed E-state index contributed by atoms with van der Waals surface area (Å²) in [5, 5.41) is 0.618. The van der Waals surface area contributed by atoms with Crippen LogP contribution in [0.5, 0.6) is 5.75 Å². The fourth-order valence-corrected chi connectivity index (χ4v) is 3.08. The summed E-state index contributed by atoms with van der Waals surface area (Å²) in [6.45, 7) is 2.70. The van der Waals surface area contributed by atoms with Gasteiger partial charge >= 0.3 is 11.9 Å². The van der Waals surface area contributed by atoms with Crippen molar-refractivity contribution in [3.05, 3.63) is 28.2 Å². The van der Waals surface area contributed by atoms with Crippen LogP contribution in [0.15, 0.2) is 18.2 Å². The van der Waals surface area contributed by atoms with Gasteiger partial charge in [-0.15, -0.1) is 0 Å². The van der Waals surface area contributed by atoms with E-state index in [9.17, 15) is 9.59 Å². The van der Waals surface area contributed by atoms with E-state index in [-0.39, 0.29) is 24.1 Å². The molecule has 0 saturated carbocycles. The lowest BCUT2D eigenvalue weighted by Crippen LogP contribution is -2.09. The molecule has 1 rings (SSSR count). The van der Waals surface area contributed by atoms with Gasteiger partial charge in [-0.1, -0.05) is 74.7 Å². The zero-order valence-corrected chi connectivity index (χ0v) is 17.6. The minimum atomic E-state index is -0.379. The first-order valence-electron chi connectivity index (χ1n) is 9.85. The maximum absolute atomic E-state index is 11.9. The first-order chi connectivity index (χ1) is 13.0. The molecule has 0 fully saturated rings. The number of hydrogen-bond acceptors (Lipinski definition) is 4. The Balaban J connectivity index is 2.03. The number of ether oxygens (including phenoxy) is 2. The number of hydrogen-bond donors (Lipinski definition) is 0. The van der Waals surface area contributed by atoms with Crippen LogP contribution in [0, 0.1) is 0 Å². The first kappa shape index (κ1) is 23.8. The largest absolute Gasteiger partial charge is 0.466 e. The summed E-state index contributed by atoms with van der Waals surface area (Å²) in [4.78, 5) is 23.5. The van der Waals surface area contributed by atoms with Crippen molar-refractivity contribution in [3.8, 4) is 5.75 Å². The van der Waals surface area contributed by atoms with Crippen LogP contribution in [-0.2, 0) is 14.3 Å². The van der Waals surface area contributed by atoms with Crippen LogP contribution in [0.3, 0.4) is 0 Å². The van der Waals surface area contributed by atoms with Gasteiger partial charge in [0.25, 0.3) is 0 Å². The smallest absolute Gasteiger partial charge is 0.311 e. The van der Waals surface area contributed by atoms with Crippen LogP contribution in [0.4, 0.5) is 0 Å². The van der Waals surface area contributed by atoms with Gasteiger partial charge in [0.15, 0.2) is 5.75 Å². The van der Waals surface area contributed by atoms with Crippen molar-refractivity contribution in [2.24, 2.45) is 0 Å². The number of carbonyl (C=O) groups excluding carboxylic acids is 2. The molecule has 0 aliphatic heterocycles. The van der Waals surface area contributed by atoms with Crippen LogP contribution < -0.4 is 4.74 Å². The van der Waals surface area contributed by atoms with Crippen molar-refractivity contribution >= 4 is 35.1 Å². The molecule has 0 amide bonds.